The average Bonchev–Trinajstić information content (AvgIpc) is 3.84. The topological polar surface area (TPSA) is 155 Å². The normalized spacial score (nSPS) is 13.6. The highest BCUT2D eigenvalue weighted by molar-refractivity contribution is 7.09. The van der Waals surface area contributed by atoms with Gasteiger partial charge in [-0.3, -0.25) is 14.4 Å². The Morgan fingerprint density at radius 2 is 1.60 bits per heavy atom. The molecule has 0 saturated carbocycles. The number of nitrogens with one attached hydrogen (secondary N) is 4. The monoisotopic (exact) mass is 699 g/mol. The zero-order chi connectivity index (χ0) is 36.0. The maximum atomic E-state index is 14.2. The molecule has 11 nitrogen and oxygen atoms in total. The van der Waals surface area contributed by atoms with Crippen molar-refractivity contribution in [3.05, 3.63) is 82.1 Å². The second kappa shape index (κ2) is 15.8. The molecule has 0 radical (unpaired) electrons. The Morgan fingerprint density at radius 1 is 0.900 bits per heavy atom. The second-order valence-corrected chi connectivity index (χ2v) is 14.5. The number of H-pyrrole nitrogens is 2. The smallest absolute Gasteiger partial charge is 0.271 e. The van der Waals surface area contributed by atoms with Crippen molar-refractivity contribution < 1.29 is 28.7 Å². The van der Waals surface area contributed by atoms with Crippen molar-refractivity contribution in [2.75, 3.05) is 13.7 Å². The molecule has 4 N–H and O–H groups in total. The third-order valence-electron chi connectivity index (χ3n) is 8.49. The van der Waals surface area contributed by atoms with Gasteiger partial charge in [-0.2, -0.15) is 0 Å². The summed E-state index contributed by atoms with van der Waals surface area (Å²) in [5.41, 5.74) is 3.22. The van der Waals surface area contributed by atoms with Gasteiger partial charge in [0.1, 0.15) is 23.3 Å². The lowest BCUT2D eigenvalue weighted by Crippen LogP contribution is -2.53. The molecule has 5 aromatic rings. The average molecular weight is 700 g/mol. The van der Waals surface area contributed by atoms with Crippen LogP contribution >= 0.6 is 11.3 Å². The fraction of sp³-hybridized carbons (Fsp3) is 0.395. The molecule has 0 aliphatic carbocycles. The van der Waals surface area contributed by atoms with Gasteiger partial charge in [-0.1, -0.05) is 31.2 Å². The second-order valence-electron chi connectivity index (χ2n) is 13.6. The minimum absolute atomic E-state index is 0.0298. The highest BCUT2D eigenvalue weighted by atomic mass is 32.1. The van der Waals surface area contributed by atoms with Gasteiger partial charge >= 0.3 is 0 Å². The Morgan fingerprint density at radius 3 is 2.34 bits per heavy atom. The van der Waals surface area contributed by atoms with Gasteiger partial charge in [0.05, 0.1) is 30.4 Å². The predicted octanol–water partition coefficient (Wildman–Crippen LogP) is 6.04. The zero-order valence-corrected chi connectivity index (χ0v) is 30.2. The van der Waals surface area contributed by atoms with Crippen molar-refractivity contribution in [2.45, 2.75) is 83.9 Å². The Hall–Kier alpha value is -4.81. The van der Waals surface area contributed by atoms with E-state index >= 15 is 0 Å². The van der Waals surface area contributed by atoms with Crippen molar-refractivity contribution in [2.24, 2.45) is 0 Å². The van der Waals surface area contributed by atoms with E-state index in [0.717, 1.165) is 37.9 Å². The molecule has 3 atom stereocenters. The molecule has 2 amide bonds. The van der Waals surface area contributed by atoms with Gasteiger partial charge in [0, 0.05) is 71.2 Å². The molecule has 3 aromatic heterocycles. The van der Waals surface area contributed by atoms with E-state index in [4.69, 9.17) is 9.47 Å². The number of aromatic nitrogens is 3. The summed E-state index contributed by atoms with van der Waals surface area (Å²) in [5, 5.41) is 10.00. The standard InChI is InChI=1S/C38H45N5O6S/c1-22(20-49-38(3,4)5)37-43-31(21-50-37)36(47)42-30(16-24-18-39-27-11-8-7-10-26(24)27)35(46)41-29(32(45)15-14-23(2)44)17-25-19-40-28-12-9-13-33(48-6)34(25)28/h7-13,18-19,21-22,29-30,39-40H,14-17,20H2,1-6H3,(H,41,46)(H,42,47)/t22-,29+,30+/m1/s1. The highest BCUT2D eigenvalue weighted by Crippen LogP contribution is 2.30. The van der Waals surface area contributed by atoms with Crippen molar-refractivity contribution in [3.63, 3.8) is 0 Å². The van der Waals surface area contributed by atoms with Crippen LogP contribution in [-0.4, -0.2) is 69.7 Å². The molecule has 0 fully saturated rings. The van der Waals surface area contributed by atoms with E-state index in [0.29, 0.717) is 12.4 Å². The lowest BCUT2D eigenvalue weighted by Gasteiger charge is -2.23. The number of fused-ring (bicyclic) bond motifs is 2. The van der Waals surface area contributed by atoms with Gasteiger partial charge in [-0.05, 0) is 57.0 Å². The molecule has 0 bridgehead atoms. The van der Waals surface area contributed by atoms with E-state index in [2.05, 4.69) is 25.6 Å². The van der Waals surface area contributed by atoms with E-state index in [1.54, 1.807) is 18.7 Å². The van der Waals surface area contributed by atoms with Crippen molar-refractivity contribution >= 4 is 56.5 Å². The first-order chi connectivity index (χ1) is 23.8. The Labute approximate surface area is 295 Å². The van der Waals surface area contributed by atoms with E-state index in [1.165, 1.54) is 18.3 Å². The van der Waals surface area contributed by atoms with E-state index in [1.807, 2.05) is 76.4 Å². The Kier molecular flexibility index (Phi) is 11.5. The third-order valence-corrected chi connectivity index (χ3v) is 9.56. The summed E-state index contributed by atoms with van der Waals surface area (Å²) in [4.78, 5) is 64.3. The number of methoxy groups -OCH3 is 1. The van der Waals surface area contributed by atoms with Gasteiger partial charge in [-0.15, -0.1) is 11.3 Å². The minimum Gasteiger partial charge on any atom is -0.496 e. The summed E-state index contributed by atoms with van der Waals surface area (Å²) in [5.74, 6) is -0.840. The van der Waals surface area contributed by atoms with Crippen molar-refractivity contribution in [3.8, 4) is 5.75 Å². The van der Waals surface area contributed by atoms with E-state index < -0.39 is 23.9 Å². The molecule has 0 aliphatic rings. The summed E-state index contributed by atoms with van der Waals surface area (Å²) in [6.45, 7) is 9.83. The third kappa shape index (κ3) is 9.05. The number of hydrogen-bond donors (Lipinski definition) is 4. The van der Waals surface area contributed by atoms with Crippen LogP contribution in [0, 0.1) is 0 Å². The molecule has 2 aromatic carbocycles. The van der Waals surface area contributed by atoms with Gasteiger partial charge in [0.25, 0.3) is 5.91 Å². The van der Waals surface area contributed by atoms with Gasteiger partial charge < -0.3 is 34.9 Å². The number of para-hydroxylation sites is 1. The van der Waals surface area contributed by atoms with E-state index in [-0.39, 0.29) is 54.5 Å². The van der Waals surface area contributed by atoms with Crippen LogP contribution in [0.5, 0.6) is 5.75 Å². The highest BCUT2D eigenvalue weighted by Gasteiger charge is 2.30. The molecule has 0 saturated heterocycles. The molecule has 264 valence electrons. The molecule has 0 spiro atoms. The first kappa shape index (κ1) is 36.5. The molecule has 12 heteroatoms. The van der Waals surface area contributed by atoms with Crippen LogP contribution in [0.4, 0.5) is 0 Å². The molecule has 5 rings (SSSR count). The number of hydrogen-bond acceptors (Lipinski definition) is 8. The zero-order valence-electron chi connectivity index (χ0n) is 29.3. The number of ether oxygens (including phenoxy) is 2. The number of benzene rings is 2. The van der Waals surface area contributed by atoms with Gasteiger partial charge in [0.15, 0.2) is 5.78 Å². The van der Waals surface area contributed by atoms with Crippen molar-refractivity contribution in [1.29, 1.82) is 0 Å². The molecular formula is C38H45N5O6S. The fourth-order valence-corrected chi connectivity index (χ4v) is 6.63. The summed E-state index contributed by atoms with van der Waals surface area (Å²) in [6, 6.07) is 11.3. The van der Waals surface area contributed by atoms with Gasteiger partial charge in [-0.25, -0.2) is 4.98 Å². The number of amides is 2. The molecule has 0 unspecified atom stereocenters. The van der Waals surface area contributed by atoms with Crippen LogP contribution in [0.2, 0.25) is 0 Å². The van der Waals surface area contributed by atoms with Crippen LogP contribution in [0.15, 0.2) is 60.2 Å². The number of ketones is 2. The maximum absolute atomic E-state index is 14.2. The number of Topliss-reactive ketones (excluding diaryl/α,β-unsaturated/α-hetero) is 2. The number of nitrogens with zero attached hydrogens (tertiary/aromatic N) is 1. The van der Waals surface area contributed by atoms with Gasteiger partial charge in [0.2, 0.25) is 5.91 Å². The maximum Gasteiger partial charge on any atom is 0.271 e. The number of rotatable bonds is 16. The summed E-state index contributed by atoms with van der Waals surface area (Å²) >= 11 is 1.36. The number of carbonyl (C=O) groups is 4. The summed E-state index contributed by atoms with van der Waals surface area (Å²) in [7, 11) is 1.58. The lowest BCUT2D eigenvalue weighted by molar-refractivity contribution is -0.129. The number of thiazole rings is 1. The predicted molar refractivity (Wildman–Crippen MR) is 195 cm³/mol. The van der Waals surface area contributed by atoms with Crippen LogP contribution in [0.3, 0.4) is 0 Å². The minimum atomic E-state index is -1.05. The van der Waals surface area contributed by atoms with Crippen LogP contribution in [0.25, 0.3) is 21.8 Å². The molecule has 0 aliphatic heterocycles. The number of aromatic amines is 2. The SMILES string of the molecule is COc1cccc2[nH]cc(C[C@H](NC(=O)[C@H](Cc3c[nH]c4ccccc34)NC(=O)c3csc([C@H](C)COC(C)(C)C)n3)C(=O)CCC(C)=O)c12. The van der Waals surface area contributed by atoms with E-state index in [9.17, 15) is 19.2 Å². The first-order valence-corrected chi connectivity index (χ1v) is 17.6. The molecular weight excluding hydrogens is 655 g/mol. The van der Waals surface area contributed by atoms with Crippen LogP contribution < -0.4 is 15.4 Å². The summed E-state index contributed by atoms with van der Waals surface area (Å²) < 4.78 is 11.5. The van der Waals surface area contributed by atoms with Crippen LogP contribution in [-0.2, 0) is 32.0 Å². The Balaban J connectivity index is 1.42. The number of carbonyl (C=O) groups excluding carboxylic acids is 4. The summed E-state index contributed by atoms with van der Waals surface area (Å²) in [6.07, 6.45) is 3.96. The molecule has 50 heavy (non-hydrogen) atoms. The Bertz CT molecular complexity index is 1990. The molecule has 3 heterocycles. The largest absolute Gasteiger partial charge is 0.496 e. The first-order valence-electron chi connectivity index (χ1n) is 16.7. The lowest BCUT2D eigenvalue weighted by atomic mass is 9.97. The quantitative estimate of drug-likeness (QED) is 0.0979. The fourth-order valence-electron chi connectivity index (χ4n) is 5.79. The van der Waals surface area contributed by atoms with Crippen molar-refractivity contribution in [1.82, 2.24) is 25.6 Å². The van der Waals surface area contributed by atoms with Crippen LogP contribution in [0.1, 0.15) is 80.0 Å².